The molecule has 0 aromatic carbocycles. The molecule has 0 saturated heterocycles. The topological polar surface area (TPSA) is 125 Å². The first kappa shape index (κ1) is 18.8. The predicted molar refractivity (Wildman–Crippen MR) is 65.8 cm³/mol. The van der Waals surface area contributed by atoms with E-state index in [1.165, 1.54) is 0 Å². The molecule has 3 atom stereocenters. The molecule has 0 radical (unpaired) electrons. The van der Waals surface area contributed by atoms with Gasteiger partial charge in [-0.05, 0) is 0 Å². The van der Waals surface area contributed by atoms with Crippen LogP contribution in [0.4, 0.5) is 0 Å². The van der Waals surface area contributed by atoms with Crippen molar-refractivity contribution >= 4 is 23.9 Å². The molecule has 21 heavy (non-hydrogen) atoms. The Morgan fingerprint density at radius 2 is 1.48 bits per heavy atom. The molecule has 0 unspecified atom stereocenters. The molecule has 0 heterocycles. The second-order valence-corrected chi connectivity index (χ2v) is 4.00. The van der Waals surface area contributed by atoms with Crippen LogP contribution >= 0.6 is 0 Å². The van der Waals surface area contributed by atoms with E-state index in [1.807, 2.05) is 0 Å². The predicted octanol–water partition coefficient (Wildman–Crippen LogP) is -1.05. The zero-order valence-electron chi connectivity index (χ0n) is 12.2. The zero-order chi connectivity index (χ0) is 16.6. The Balaban J connectivity index is 5.19. The van der Waals surface area contributed by atoms with Crippen LogP contribution in [-0.4, -0.2) is 61.0 Å². The number of aliphatic hydroxyl groups excluding tert-OH is 1. The van der Waals surface area contributed by atoms with Gasteiger partial charge in [0.15, 0.2) is 6.10 Å². The fourth-order valence-electron chi connectivity index (χ4n) is 1.38. The van der Waals surface area contributed by atoms with Crippen LogP contribution < -0.4 is 0 Å². The molecule has 1 N–H and O–H groups in total. The van der Waals surface area contributed by atoms with Crippen LogP contribution in [0.25, 0.3) is 0 Å². The van der Waals surface area contributed by atoms with Crippen LogP contribution in [0.5, 0.6) is 0 Å². The third kappa shape index (κ3) is 7.25. The van der Waals surface area contributed by atoms with Crippen molar-refractivity contribution in [3.8, 4) is 0 Å². The van der Waals surface area contributed by atoms with Gasteiger partial charge < -0.3 is 24.1 Å². The Morgan fingerprint density at radius 1 is 0.952 bits per heavy atom. The van der Waals surface area contributed by atoms with Gasteiger partial charge >= 0.3 is 23.9 Å². The third-order valence-corrected chi connectivity index (χ3v) is 2.16. The molecule has 0 bridgehead atoms. The Kier molecular flexibility index (Phi) is 7.99. The highest BCUT2D eigenvalue weighted by Crippen LogP contribution is 2.13. The smallest absolute Gasteiger partial charge is 0.351 e. The van der Waals surface area contributed by atoms with Crippen LogP contribution in [-0.2, 0) is 38.1 Å². The maximum absolute atomic E-state index is 11.6. The van der Waals surface area contributed by atoms with Gasteiger partial charge in [0.05, 0.1) is 7.11 Å². The minimum absolute atomic E-state index is 0.554. The van der Waals surface area contributed by atoms with Gasteiger partial charge in [-0.25, -0.2) is 4.79 Å². The van der Waals surface area contributed by atoms with Crippen molar-refractivity contribution < 1.29 is 43.2 Å². The molecule has 0 spiro atoms. The summed E-state index contributed by atoms with van der Waals surface area (Å²) in [7, 11) is 1.03. The molecule has 0 fully saturated rings. The fourth-order valence-corrected chi connectivity index (χ4v) is 1.38. The van der Waals surface area contributed by atoms with Gasteiger partial charge in [-0.1, -0.05) is 0 Å². The van der Waals surface area contributed by atoms with E-state index in [0.717, 1.165) is 27.9 Å². The number of aliphatic hydroxyl groups is 1. The molecule has 0 aliphatic rings. The maximum Gasteiger partial charge on any atom is 0.351 e. The molecule has 0 rings (SSSR count). The van der Waals surface area contributed by atoms with Crippen molar-refractivity contribution in [1.29, 1.82) is 0 Å². The Labute approximate surface area is 121 Å². The maximum atomic E-state index is 11.6. The van der Waals surface area contributed by atoms with Crippen molar-refractivity contribution in [3.63, 3.8) is 0 Å². The van der Waals surface area contributed by atoms with E-state index in [9.17, 15) is 24.3 Å². The van der Waals surface area contributed by atoms with Gasteiger partial charge in [0.2, 0.25) is 6.10 Å². The highest BCUT2D eigenvalue weighted by Gasteiger charge is 2.40. The lowest BCUT2D eigenvalue weighted by molar-refractivity contribution is -0.190. The summed E-state index contributed by atoms with van der Waals surface area (Å²) >= 11 is 0. The molecule has 0 aromatic heterocycles. The first-order chi connectivity index (χ1) is 9.68. The summed E-state index contributed by atoms with van der Waals surface area (Å²) in [5.41, 5.74) is 0. The molecular formula is C12H18O9. The van der Waals surface area contributed by atoms with Crippen molar-refractivity contribution in [2.75, 3.05) is 13.7 Å². The van der Waals surface area contributed by atoms with Crippen LogP contribution in [0, 0.1) is 0 Å². The van der Waals surface area contributed by atoms with E-state index >= 15 is 0 Å². The second kappa shape index (κ2) is 8.90. The van der Waals surface area contributed by atoms with Crippen LogP contribution in [0.1, 0.15) is 20.8 Å². The lowest BCUT2D eigenvalue weighted by atomic mass is 10.1. The standard InChI is InChI=1S/C12H18O9/c1-6(13)19-5-9(16)10(20-7(2)14)11(12(17)18-4)21-8(3)15/h9-11,16H,5H2,1-4H3/t9-,10-,11-/m1/s1. The molecule has 0 amide bonds. The van der Waals surface area contributed by atoms with Gasteiger partial charge in [0, 0.05) is 20.8 Å². The molecule has 0 aromatic rings. The number of esters is 4. The van der Waals surface area contributed by atoms with E-state index in [2.05, 4.69) is 9.47 Å². The summed E-state index contributed by atoms with van der Waals surface area (Å²) in [5, 5.41) is 9.88. The van der Waals surface area contributed by atoms with Gasteiger partial charge in [-0.2, -0.15) is 0 Å². The van der Waals surface area contributed by atoms with Crippen molar-refractivity contribution in [2.45, 2.75) is 39.1 Å². The summed E-state index contributed by atoms with van der Waals surface area (Å²) in [4.78, 5) is 44.4. The monoisotopic (exact) mass is 306 g/mol. The minimum atomic E-state index is -1.68. The van der Waals surface area contributed by atoms with Gasteiger partial charge in [0.1, 0.15) is 12.7 Å². The van der Waals surface area contributed by atoms with Crippen LogP contribution in [0.3, 0.4) is 0 Å². The molecule has 9 nitrogen and oxygen atoms in total. The molecule has 0 aliphatic carbocycles. The number of methoxy groups -OCH3 is 1. The lowest BCUT2D eigenvalue weighted by Crippen LogP contribution is -2.49. The first-order valence-electron chi connectivity index (χ1n) is 5.92. The van der Waals surface area contributed by atoms with E-state index in [1.54, 1.807) is 0 Å². The minimum Gasteiger partial charge on any atom is -0.466 e. The third-order valence-electron chi connectivity index (χ3n) is 2.16. The Morgan fingerprint density at radius 3 is 1.86 bits per heavy atom. The number of ether oxygens (including phenoxy) is 4. The summed E-state index contributed by atoms with van der Waals surface area (Å²) in [5.74, 6) is -3.39. The highest BCUT2D eigenvalue weighted by molar-refractivity contribution is 5.80. The fraction of sp³-hybridized carbons (Fsp3) is 0.667. The highest BCUT2D eigenvalue weighted by atomic mass is 16.6. The molecule has 9 heteroatoms. The van der Waals surface area contributed by atoms with Gasteiger partial charge in [-0.15, -0.1) is 0 Å². The molecule has 120 valence electrons. The quantitative estimate of drug-likeness (QED) is 0.463. The van der Waals surface area contributed by atoms with Gasteiger partial charge in [-0.3, -0.25) is 14.4 Å². The van der Waals surface area contributed by atoms with E-state index in [4.69, 9.17) is 9.47 Å². The van der Waals surface area contributed by atoms with Crippen LogP contribution in [0.15, 0.2) is 0 Å². The zero-order valence-corrected chi connectivity index (χ0v) is 12.2. The number of carbonyl (C=O) groups excluding carboxylic acids is 4. The van der Waals surface area contributed by atoms with E-state index < -0.39 is 48.8 Å². The summed E-state index contributed by atoms with van der Waals surface area (Å²) < 4.78 is 18.5. The number of hydrogen-bond donors (Lipinski definition) is 1. The SMILES string of the molecule is COC(=O)[C@H](OC(C)=O)[C@H](OC(C)=O)[C@H](O)COC(C)=O. The van der Waals surface area contributed by atoms with E-state index in [0.29, 0.717) is 0 Å². The molecular weight excluding hydrogens is 288 g/mol. The summed E-state index contributed by atoms with van der Waals surface area (Å²) in [6, 6.07) is 0. The average molecular weight is 306 g/mol. The lowest BCUT2D eigenvalue weighted by Gasteiger charge is -2.27. The number of hydrogen-bond acceptors (Lipinski definition) is 9. The average Bonchev–Trinajstić information content (AvgIpc) is 2.38. The molecule has 0 aliphatic heterocycles. The van der Waals surface area contributed by atoms with Crippen LogP contribution in [0.2, 0.25) is 0 Å². The van der Waals surface area contributed by atoms with Crippen molar-refractivity contribution in [3.05, 3.63) is 0 Å². The number of rotatable bonds is 7. The first-order valence-corrected chi connectivity index (χ1v) is 5.92. The summed E-state index contributed by atoms with van der Waals surface area (Å²) in [6.45, 7) is 2.62. The van der Waals surface area contributed by atoms with Crippen molar-refractivity contribution in [1.82, 2.24) is 0 Å². The largest absolute Gasteiger partial charge is 0.466 e. The number of carbonyl (C=O) groups is 4. The summed E-state index contributed by atoms with van der Waals surface area (Å²) in [6.07, 6.45) is -4.83. The molecule has 0 saturated carbocycles. The van der Waals surface area contributed by atoms with E-state index in [-0.39, 0.29) is 0 Å². The Hall–Kier alpha value is -2.16. The normalized spacial score (nSPS) is 14.3. The van der Waals surface area contributed by atoms with Gasteiger partial charge in [0.25, 0.3) is 0 Å². The Bertz CT molecular complexity index is 404. The van der Waals surface area contributed by atoms with Crippen molar-refractivity contribution in [2.24, 2.45) is 0 Å². The second-order valence-electron chi connectivity index (χ2n) is 4.00.